The van der Waals surface area contributed by atoms with E-state index in [1.165, 1.54) is 0 Å². The van der Waals surface area contributed by atoms with Crippen LogP contribution in [-0.2, 0) is 23.7 Å². The average Bonchev–Trinajstić information content (AvgIpc) is 3.08. The highest BCUT2D eigenvalue weighted by Crippen LogP contribution is 2.34. The molecule has 0 aromatic rings. The van der Waals surface area contributed by atoms with E-state index in [4.69, 9.17) is 23.7 Å². The van der Waals surface area contributed by atoms with Gasteiger partial charge in [0.1, 0.15) is 67.1 Å². The van der Waals surface area contributed by atoms with Gasteiger partial charge in [0, 0.05) is 0 Å². The first-order chi connectivity index (χ1) is 16.0. The molecule has 0 unspecified atom stereocenters. The van der Waals surface area contributed by atoms with E-state index in [-0.39, 0.29) is 0 Å². The topological polar surface area (TPSA) is 269 Å². The van der Waals surface area contributed by atoms with Crippen LogP contribution in [0.25, 0.3) is 0 Å². The number of rotatable bonds is 8. The van der Waals surface area contributed by atoms with Gasteiger partial charge >= 0.3 is 0 Å². The van der Waals surface area contributed by atoms with Crippen molar-refractivity contribution in [1.29, 1.82) is 0 Å². The van der Waals surface area contributed by atoms with Crippen molar-refractivity contribution in [3.8, 4) is 0 Å². The maximum atomic E-state index is 10.3. The lowest BCUT2D eigenvalue weighted by Gasteiger charge is -2.43. The number of aliphatic hydroxyl groups excluding tert-OH is 10. The van der Waals surface area contributed by atoms with Crippen LogP contribution in [0.5, 0.6) is 0 Å². The molecule has 200 valence electrons. The van der Waals surface area contributed by atoms with E-state index < -0.39 is 112 Å². The lowest BCUT2D eigenvalue weighted by molar-refractivity contribution is -0.339. The van der Waals surface area contributed by atoms with E-state index in [9.17, 15) is 56.2 Å². The quantitative estimate of drug-likeness (QED) is 0.146. The van der Waals surface area contributed by atoms with Crippen molar-refractivity contribution in [3.05, 3.63) is 0 Å². The molecule has 16 nitrogen and oxygen atoms in total. The summed E-state index contributed by atoms with van der Waals surface area (Å²) in [5.41, 5.74) is 0. The molecule has 0 radical (unpaired) electrons. The van der Waals surface area contributed by atoms with Gasteiger partial charge in [0.25, 0.3) is 0 Å². The zero-order valence-corrected chi connectivity index (χ0v) is 17.8. The van der Waals surface area contributed by atoms with Gasteiger partial charge in [-0.1, -0.05) is 0 Å². The van der Waals surface area contributed by atoms with E-state index in [0.29, 0.717) is 0 Å². The summed E-state index contributed by atoms with van der Waals surface area (Å²) in [6.07, 6.45) is -21.3. The summed E-state index contributed by atoms with van der Waals surface area (Å²) < 4.78 is 26.3. The normalized spacial score (nSPS) is 52.1. The van der Waals surface area contributed by atoms with Gasteiger partial charge in [-0.05, 0) is 0 Å². The fourth-order valence-electron chi connectivity index (χ4n) is 4.01. The first kappa shape index (κ1) is 27.9. The van der Waals surface area contributed by atoms with Crippen molar-refractivity contribution in [2.24, 2.45) is 0 Å². The summed E-state index contributed by atoms with van der Waals surface area (Å²) in [6, 6.07) is 0. The van der Waals surface area contributed by atoms with Crippen molar-refractivity contribution < 1.29 is 79.9 Å². The molecule has 3 fully saturated rings. The van der Waals surface area contributed by atoms with Crippen LogP contribution in [0.3, 0.4) is 0 Å². The first-order valence-electron chi connectivity index (χ1n) is 10.6. The smallest absolute Gasteiger partial charge is 0.219 e. The molecule has 0 saturated carbocycles. The largest absolute Gasteiger partial charge is 0.394 e. The Balaban J connectivity index is 1.67. The minimum absolute atomic E-state index is 0.610. The van der Waals surface area contributed by atoms with E-state index in [1.54, 1.807) is 0 Å². The van der Waals surface area contributed by atoms with Crippen LogP contribution < -0.4 is 0 Å². The minimum atomic E-state index is -2.47. The molecule has 3 aliphatic rings. The van der Waals surface area contributed by atoms with Gasteiger partial charge in [-0.25, -0.2) is 0 Å². The molecule has 3 heterocycles. The third-order valence-corrected chi connectivity index (χ3v) is 6.13. The third-order valence-electron chi connectivity index (χ3n) is 6.13. The van der Waals surface area contributed by atoms with Crippen LogP contribution >= 0.6 is 0 Å². The zero-order chi connectivity index (χ0) is 25.4. The van der Waals surface area contributed by atoms with Crippen LogP contribution in [0.4, 0.5) is 0 Å². The summed E-state index contributed by atoms with van der Waals surface area (Å²) in [5, 5.41) is 109. The summed E-state index contributed by atoms with van der Waals surface area (Å²) in [7, 11) is 0. The molecule has 0 aromatic carbocycles. The highest BCUT2D eigenvalue weighted by molar-refractivity contribution is 4.98. The Hall–Kier alpha value is -0.640. The standard InChI is InChI=1S/C18H32O16/c19-1-5-8(22)10(24)12(26)16(31-5)30-3-7-9(23)11(25)13(27)17(32-7)33-14-6(2-20)34-18(29,4-21)15(14)28/h5-17,19-29H,1-4H2/t5-,6-,7-,8+,9+,10+,11+,12-,13-,14-,15+,16-,17+,18-/m1/s1. The fraction of sp³-hybridized carbons (Fsp3) is 1.00. The SMILES string of the molecule is OC[C@H]1O[C@@H](OC[C@H]2O[C@@H](O[C@@H]3[C@@H](CO)O[C@](O)(CO)[C@H]3O)[C@H](O)[C@@H](O)[C@H]2O)[C@H](O)[C@@H](O)[C@H]1O. The first-order valence-corrected chi connectivity index (χ1v) is 10.6. The van der Waals surface area contributed by atoms with Crippen molar-refractivity contribution in [2.75, 3.05) is 26.4 Å². The molecule has 0 aromatic heterocycles. The molecule has 0 spiro atoms. The maximum Gasteiger partial charge on any atom is 0.219 e. The van der Waals surface area contributed by atoms with Crippen LogP contribution in [0, 0.1) is 0 Å². The Morgan fingerprint density at radius 1 is 0.647 bits per heavy atom. The molecule has 0 bridgehead atoms. The molecule has 16 heteroatoms. The Morgan fingerprint density at radius 3 is 1.74 bits per heavy atom. The highest BCUT2D eigenvalue weighted by Gasteiger charge is 2.56. The third kappa shape index (κ3) is 5.23. The summed E-state index contributed by atoms with van der Waals surface area (Å²) in [4.78, 5) is 0. The number of ether oxygens (including phenoxy) is 5. The van der Waals surface area contributed by atoms with Gasteiger partial charge in [-0.15, -0.1) is 0 Å². The Kier molecular flexibility index (Phi) is 9.18. The maximum absolute atomic E-state index is 10.3. The van der Waals surface area contributed by atoms with Gasteiger partial charge in [0.05, 0.1) is 26.4 Å². The number of aliphatic hydroxyl groups is 11. The molecular weight excluding hydrogens is 472 g/mol. The molecule has 3 saturated heterocycles. The highest BCUT2D eigenvalue weighted by atomic mass is 16.8. The van der Waals surface area contributed by atoms with Crippen molar-refractivity contribution in [1.82, 2.24) is 0 Å². The van der Waals surface area contributed by atoms with Crippen LogP contribution in [-0.4, -0.2) is 168 Å². The fourth-order valence-corrected chi connectivity index (χ4v) is 4.01. The second kappa shape index (κ2) is 11.2. The lowest BCUT2D eigenvalue weighted by Crippen LogP contribution is -2.62. The van der Waals surface area contributed by atoms with E-state index in [2.05, 4.69) is 0 Å². The molecular formula is C18H32O16. The van der Waals surface area contributed by atoms with Crippen molar-refractivity contribution in [3.63, 3.8) is 0 Å². The summed E-state index contributed by atoms with van der Waals surface area (Å²) in [6.45, 7) is -3.12. The molecule has 0 amide bonds. The zero-order valence-electron chi connectivity index (χ0n) is 17.8. The predicted octanol–water partition coefficient (Wildman–Crippen LogP) is -7.57. The van der Waals surface area contributed by atoms with Gasteiger partial charge in [0.15, 0.2) is 12.6 Å². The molecule has 34 heavy (non-hydrogen) atoms. The van der Waals surface area contributed by atoms with E-state index >= 15 is 0 Å². The molecule has 3 rings (SSSR count). The van der Waals surface area contributed by atoms with Crippen LogP contribution in [0.1, 0.15) is 0 Å². The molecule has 14 atom stereocenters. The number of hydrogen-bond donors (Lipinski definition) is 11. The minimum Gasteiger partial charge on any atom is -0.394 e. The average molecular weight is 504 g/mol. The molecule has 3 aliphatic heterocycles. The summed E-state index contributed by atoms with van der Waals surface area (Å²) in [5.74, 6) is -2.47. The van der Waals surface area contributed by atoms with Gasteiger partial charge in [-0.2, -0.15) is 0 Å². The Morgan fingerprint density at radius 2 is 1.18 bits per heavy atom. The molecule has 0 aliphatic carbocycles. The summed E-state index contributed by atoms with van der Waals surface area (Å²) >= 11 is 0. The van der Waals surface area contributed by atoms with E-state index in [1.807, 2.05) is 0 Å². The predicted molar refractivity (Wildman–Crippen MR) is 101 cm³/mol. The van der Waals surface area contributed by atoms with Gasteiger partial charge < -0.3 is 79.9 Å². The molecule has 11 N–H and O–H groups in total. The van der Waals surface area contributed by atoms with Crippen molar-refractivity contribution >= 4 is 0 Å². The van der Waals surface area contributed by atoms with Crippen LogP contribution in [0.2, 0.25) is 0 Å². The number of hydrogen-bond acceptors (Lipinski definition) is 16. The van der Waals surface area contributed by atoms with Gasteiger partial charge in [-0.3, -0.25) is 0 Å². The van der Waals surface area contributed by atoms with Gasteiger partial charge in [0.2, 0.25) is 5.79 Å². The van der Waals surface area contributed by atoms with Crippen molar-refractivity contribution in [2.45, 2.75) is 85.5 Å². The monoisotopic (exact) mass is 504 g/mol. The Labute approximate surface area is 192 Å². The van der Waals surface area contributed by atoms with Crippen LogP contribution in [0.15, 0.2) is 0 Å². The second-order valence-electron chi connectivity index (χ2n) is 8.43. The van der Waals surface area contributed by atoms with E-state index in [0.717, 1.165) is 0 Å². The lowest BCUT2D eigenvalue weighted by atomic mass is 9.98. The Bertz CT molecular complexity index is 653. The second-order valence-corrected chi connectivity index (χ2v) is 8.43.